The van der Waals surface area contributed by atoms with E-state index in [4.69, 9.17) is 10.5 Å². The second-order valence-corrected chi connectivity index (χ2v) is 3.02. The number of methoxy groups -OCH3 is 1. The van der Waals surface area contributed by atoms with Gasteiger partial charge in [0.25, 0.3) is 5.91 Å². The van der Waals surface area contributed by atoms with Crippen LogP contribution in [0.25, 0.3) is 0 Å². The van der Waals surface area contributed by atoms with Crippen LogP contribution in [0.5, 0.6) is 0 Å². The van der Waals surface area contributed by atoms with Crippen molar-refractivity contribution in [2.24, 2.45) is 5.73 Å². The third-order valence-corrected chi connectivity index (χ3v) is 1.99. The Balaban J connectivity index is 2.22. The highest BCUT2D eigenvalue weighted by Crippen LogP contribution is 1.87. The summed E-state index contributed by atoms with van der Waals surface area (Å²) in [5.74, 6) is -0.188. The number of rotatable bonds is 6. The number of hydrogen-bond donors (Lipinski definition) is 2. The van der Waals surface area contributed by atoms with E-state index in [1.807, 2.05) is 12.3 Å². The second-order valence-electron chi connectivity index (χ2n) is 3.02. The number of nitrogens with two attached hydrogens (primary N) is 1. The fourth-order valence-corrected chi connectivity index (χ4v) is 1.15. The van der Waals surface area contributed by atoms with Gasteiger partial charge in [0.2, 0.25) is 0 Å². The van der Waals surface area contributed by atoms with Crippen LogP contribution < -0.4 is 11.1 Å². The van der Waals surface area contributed by atoms with Crippen LogP contribution in [0.4, 0.5) is 0 Å². The summed E-state index contributed by atoms with van der Waals surface area (Å²) in [6, 6.07) is 1.83. The maximum Gasteiger partial charge on any atom is 0.250 e. The van der Waals surface area contributed by atoms with E-state index >= 15 is 0 Å². The number of carbonyl (C=O) groups is 1. The Morgan fingerprint density at radius 3 is 3.07 bits per heavy atom. The van der Waals surface area contributed by atoms with E-state index in [2.05, 4.69) is 10.4 Å². The van der Waals surface area contributed by atoms with Crippen molar-refractivity contribution < 1.29 is 9.53 Å². The first-order valence-electron chi connectivity index (χ1n) is 4.76. The molecule has 0 fully saturated rings. The smallest absolute Gasteiger partial charge is 0.250 e. The minimum atomic E-state index is -0.567. The van der Waals surface area contributed by atoms with Crippen LogP contribution in [0.2, 0.25) is 0 Å². The number of ether oxygens (including phenoxy) is 1. The fourth-order valence-electron chi connectivity index (χ4n) is 1.15. The van der Waals surface area contributed by atoms with Crippen LogP contribution in [0.1, 0.15) is 0 Å². The molecule has 0 saturated heterocycles. The Morgan fingerprint density at radius 2 is 2.53 bits per heavy atom. The topological polar surface area (TPSA) is 82.2 Å². The van der Waals surface area contributed by atoms with Gasteiger partial charge in [-0.2, -0.15) is 5.10 Å². The Morgan fingerprint density at radius 1 is 1.73 bits per heavy atom. The molecule has 1 aromatic heterocycles. The molecule has 0 spiro atoms. The van der Waals surface area contributed by atoms with Crippen molar-refractivity contribution in [1.82, 2.24) is 15.1 Å². The van der Waals surface area contributed by atoms with Crippen molar-refractivity contribution in [3.63, 3.8) is 0 Å². The SMILES string of the molecule is COC(CN)C(=O)NCCn1cccn1. The standard InChI is InChI=1S/C9H16N4O2/c1-15-8(7-10)9(14)11-4-6-13-5-2-3-12-13/h2-3,5,8H,4,6-7,10H2,1H3,(H,11,14). The highest BCUT2D eigenvalue weighted by Gasteiger charge is 2.14. The van der Waals surface area contributed by atoms with Crippen molar-refractivity contribution in [1.29, 1.82) is 0 Å². The summed E-state index contributed by atoms with van der Waals surface area (Å²) in [6.07, 6.45) is 2.96. The van der Waals surface area contributed by atoms with E-state index in [9.17, 15) is 4.79 Å². The highest BCUT2D eigenvalue weighted by molar-refractivity contribution is 5.80. The van der Waals surface area contributed by atoms with Gasteiger partial charge in [0.15, 0.2) is 0 Å². The van der Waals surface area contributed by atoms with E-state index in [0.717, 1.165) is 0 Å². The Kier molecular flexibility index (Phi) is 4.79. The van der Waals surface area contributed by atoms with Gasteiger partial charge in [0, 0.05) is 32.6 Å². The van der Waals surface area contributed by atoms with Gasteiger partial charge in [-0.3, -0.25) is 9.48 Å². The van der Waals surface area contributed by atoms with Crippen LogP contribution in [-0.4, -0.2) is 42.0 Å². The van der Waals surface area contributed by atoms with Crippen molar-refractivity contribution in [2.45, 2.75) is 12.6 Å². The number of nitrogens with one attached hydrogen (secondary N) is 1. The predicted molar refractivity (Wildman–Crippen MR) is 55.1 cm³/mol. The van der Waals surface area contributed by atoms with Crippen molar-refractivity contribution >= 4 is 5.91 Å². The zero-order valence-electron chi connectivity index (χ0n) is 8.72. The lowest BCUT2D eigenvalue weighted by molar-refractivity contribution is -0.130. The van der Waals surface area contributed by atoms with E-state index < -0.39 is 6.10 Å². The number of aromatic nitrogens is 2. The zero-order valence-corrected chi connectivity index (χ0v) is 8.72. The molecular weight excluding hydrogens is 196 g/mol. The maximum absolute atomic E-state index is 11.4. The van der Waals surface area contributed by atoms with Crippen molar-refractivity contribution in [3.05, 3.63) is 18.5 Å². The summed E-state index contributed by atoms with van der Waals surface area (Å²) in [4.78, 5) is 11.4. The molecule has 1 heterocycles. The molecule has 1 unspecified atom stereocenters. The van der Waals surface area contributed by atoms with Crippen molar-refractivity contribution in [3.8, 4) is 0 Å². The quantitative estimate of drug-likeness (QED) is 0.632. The van der Waals surface area contributed by atoms with Crippen LogP contribution in [-0.2, 0) is 16.1 Å². The van der Waals surface area contributed by atoms with Gasteiger partial charge < -0.3 is 15.8 Å². The van der Waals surface area contributed by atoms with Gasteiger partial charge >= 0.3 is 0 Å². The molecule has 84 valence electrons. The second kappa shape index (κ2) is 6.15. The molecule has 6 heteroatoms. The first-order chi connectivity index (χ1) is 7.27. The summed E-state index contributed by atoms with van der Waals surface area (Å²) in [7, 11) is 1.46. The molecule has 0 aliphatic heterocycles. The van der Waals surface area contributed by atoms with Gasteiger partial charge in [-0.05, 0) is 6.07 Å². The minimum Gasteiger partial charge on any atom is -0.370 e. The van der Waals surface area contributed by atoms with E-state index in [1.54, 1.807) is 10.9 Å². The van der Waals surface area contributed by atoms with E-state index in [1.165, 1.54) is 7.11 Å². The summed E-state index contributed by atoms with van der Waals surface area (Å²) >= 11 is 0. The maximum atomic E-state index is 11.4. The Hall–Kier alpha value is -1.40. The summed E-state index contributed by atoms with van der Waals surface area (Å²) < 4.78 is 6.63. The molecule has 1 rings (SSSR count). The molecule has 0 radical (unpaired) electrons. The first kappa shape index (κ1) is 11.7. The zero-order chi connectivity index (χ0) is 11.1. The number of amides is 1. The molecular formula is C9H16N4O2. The summed E-state index contributed by atoms with van der Waals surface area (Å²) in [5, 5.41) is 6.73. The van der Waals surface area contributed by atoms with Crippen LogP contribution >= 0.6 is 0 Å². The molecule has 1 aromatic rings. The van der Waals surface area contributed by atoms with Gasteiger partial charge in [-0.15, -0.1) is 0 Å². The largest absolute Gasteiger partial charge is 0.370 e. The Bertz CT molecular complexity index is 282. The number of nitrogens with zero attached hydrogens (tertiary/aromatic N) is 2. The minimum absolute atomic E-state index is 0.185. The molecule has 0 saturated carbocycles. The monoisotopic (exact) mass is 212 g/mol. The average Bonchev–Trinajstić information content (AvgIpc) is 2.72. The fraction of sp³-hybridized carbons (Fsp3) is 0.556. The molecule has 0 aromatic carbocycles. The number of carbonyl (C=O) groups excluding carboxylic acids is 1. The Labute approximate surface area is 88.4 Å². The molecule has 0 aliphatic carbocycles. The predicted octanol–water partition coefficient (Wildman–Crippen LogP) is -1.03. The van der Waals surface area contributed by atoms with Gasteiger partial charge in [0.1, 0.15) is 6.10 Å². The van der Waals surface area contributed by atoms with Gasteiger partial charge in [-0.1, -0.05) is 0 Å². The number of hydrogen-bond acceptors (Lipinski definition) is 4. The molecule has 3 N–H and O–H groups in total. The summed E-state index contributed by atoms with van der Waals surface area (Å²) in [6.45, 7) is 1.34. The lowest BCUT2D eigenvalue weighted by Crippen LogP contribution is -2.41. The molecule has 1 atom stereocenters. The van der Waals surface area contributed by atoms with Crippen molar-refractivity contribution in [2.75, 3.05) is 20.2 Å². The molecule has 0 bridgehead atoms. The highest BCUT2D eigenvalue weighted by atomic mass is 16.5. The first-order valence-corrected chi connectivity index (χ1v) is 4.76. The normalized spacial score (nSPS) is 12.4. The van der Waals surface area contributed by atoms with Gasteiger partial charge in [-0.25, -0.2) is 0 Å². The molecule has 0 aliphatic rings. The van der Waals surface area contributed by atoms with Gasteiger partial charge in [0.05, 0.1) is 6.54 Å². The van der Waals surface area contributed by atoms with Crippen LogP contribution in [0.15, 0.2) is 18.5 Å². The van der Waals surface area contributed by atoms with E-state index in [-0.39, 0.29) is 12.5 Å². The van der Waals surface area contributed by atoms with E-state index in [0.29, 0.717) is 13.1 Å². The lowest BCUT2D eigenvalue weighted by Gasteiger charge is -2.12. The third-order valence-electron chi connectivity index (χ3n) is 1.99. The third kappa shape index (κ3) is 3.69. The molecule has 6 nitrogen and oxygen atoms in total. The molecule has 1 amide bonds. The van der Waals surface area contributed by atoms with Crippen LogP contribution in [0.3, 0.4) is 0 Å². The summed E-state index contributed by atoms with van der Waals surface area (Å²) in [5.41, 5.74) is 5.35. The van der Waals surface area contributed by atoms with Crippen LogP contribution in [0, 0.1) is 0 Å². The lowest BCUT2D eigenvalue weighted by atomic mass is 10.3. The average molecular weight is 212 g/mol. The molecule has 15 heavy (non-hydrogen) atoms.